The third kappa shape index (κ3) is 3.48. The highest BCUT2D eigenvalue weighted by molar-refractivity contribution is 5.89. The molecule has 6 rings (SSSR count). The zero-order valence-corrected chi connectivity index (χ0v) is 17.2. The summed E-state index contributed by atoms with van der Waals surface area (Å²) < 4.78 is 5.56. The Hall–Kier alpha value is -1.88. The van der Waals surface area contributed by atoms with E-state index < -0.39 is 12.1 Å². The minimum absolute atomic E-state index is 0.102. The molecule has 1 heterocycles. The van der Waals surface area contributed by atoms with Gasteiger partial charge in [0, 0.05) is 13.0 Å². The van der Waals surface area contributed by atoms with E-state index in [4.69, 9.17) is 4.74 Å². The summed E-state index contributed by atoms with van der Waals surface area (Å²) in [4.78, 5) is 28.2. The molecule has 156 valence electrons. The van der Waals surface area contributed by atoms with Crippen molar-refractivity contribution < 1.29 is 19.4 Å². The largest absolute Gasteiger partial charge is 0.459 e. The van der Waals surface area contributed by atoms with Gasteiger partial charge in [-0.05, 0) is 68.8 Å². The highest BCUT2D eigenvalue weighted by Crippen LogP contribution is 2.60. The Morgan fingerprint density at radius 2 is 1.62 bits per heavy atom. The van der Waals surface area contributed by atoms with Crippen LogP contribution in [0.4, 0.5) is 0 Å². The van der Waals surface area contributed by atoms with Crippen molar-refractivity contribution in [2.45, 2.75) is 70.6 Å². The van der Waals surface area contributed by atoms with Crippen molar-refractivity contribution in [2.75, 3.05) is 6.54 Å². The third-order valence-electron chi connectivity index (χ3n) is 7.81. The van der Waals surface area contributed by atoms with Crippen LogP contribution in [0.3, 0.4) is 0 Å². The molecule has 4 bridgehead atoms. The van der Waals surface area contributed by atoms with Crippen LogP contribution in [0.5, 0.6) is 0 Å². The van der Waals surface area contributed by atoms with Crippen molar-refractivity contribution in [1.29, 1.82) is 0 Å². The van der Waals surface area contributed by atoms with Gasteiger partial charge >= 0.3 is 5.97 Å². The summed E-state index contributed by atoms with van der Waals surface area (Å²) in [5.74, 6) is 1.73. The predicted molar refractivity (Wildman–Crippen MR) is 108 cm³/mol. The van der Waals surface area contributed by atoms with Crippen LogP contribution >= 0.6 is 0 Å². The second kappa shape index (κ2) is 7.12. The third-order valence-corrected chi connectivity index (χ3v) is 7.81. The Morgan fingerprint density at radius 1 is 1.03 bits per heavy atom. The van der Waals surface area contributed by atoms with Crippen LogP contribution in [0.25, 0.3) is 0 Å². The van der Waals surface area contributed by atoms with Gasteiger partial charge in [0.2, 0.25) is 5.91 Å². The average molecular weight is 398 g/mol. The van der Waals surface area contributed by atoms with Crippen molar-refractivity contribution in [2.24, 2.45) is 23.2 Å². The first-order chi connectivity index (χ1) is 13.9. The molecule has 1 aromatic rings. The fourth-order valence-corrected chi connectivity index (χ4v) is 6.87. The van der Waals surface area contributed by atoms with Gasteiger partial charge in [-0.15, -0.1) is 0 Å². The Kier molecular flexibility index (Phi) is 4.69. The van der Waals surface area contributed by atoms with E-state index in [0.29, 0.717) is 17.8 Å². The first kappa shape index (κ1) is 19.1. The van der Waals surface area contributed by atoms with E-state index in [-0.39, 0.29) is 36.9 Å². The molecule has 4 aliphatic carbocycles. The highest BCUT2D eigenvalue weighted by atomic mass is 16.5. The van der Waals surface area contributed by atoms with E-state index in [1.807, 2.05) is 31.2 Å². The molecule has 1 amide bonds. The second-order valence-electron chi connectivity index (χ2n) is 10.2. The monoisotopic (exact) mass is 397 g/mol. The minimum Gasteiger partial charge on any atom is -0.459 e. The van der Waals surface area contributed by atoms with E-state index >= 15 is 0 Å². The summed E-state index contributed by atoms with van der Waals surface area (Å²) >= 11 is 0. The van der Waals surface area contributed by atoms with Gasteiger partial charge in [0.1, 0.15) is 12.6 Å². The molecule has 0 aromatic heterocycles. The van der Waals surface area contributed by atoms with Crippen LogP contribution in [0.1, 0.15) is 56.1 Å². The van der Waals surface area contributed by atoms with Crippen LogP contribution in [0, 0.1) is 30.1 Å². The molecule has 2 unspecified atom stereocenters. The summed E-state index contributed by atoms with van der Waals surface area (Å²) in [6.45, 7) is 2.47. The molecule has 1 aliphatic heterocycles. The fourth-order valence-electron chi connectivity index (χ4n) is 6.87. The molecule has 1 N–H and O–H groups in total. The fraction of sp³-hybridized carbons (Fsp3) is 0.667. The maximum Gasteiger partial charge on any atom is 0.329 e. The number of aryl methyl sites for hydroxylation is 1. The number of aliphatic hydroxyl groups is 1. The molecule has 1 saturated heterocycles. The molecule has 4 saturated carbocycles. The normalized spacial score (nSPS) is 37.7. The number of benzene rings is 1. The number of carbonyl (C=O) groups is 2. The molecule has 0 spiro atoms. The number of nitrogens with zero attached hydrogens (tertiary/aromatic N) is 1. The quantitative estimate of drug-likeness (QED) is 0.793. The van der Waals surface area contributed by atoms with Gasteiger partial charge in [-0.2, -0.15) is 0 Å². The molecule has 1 aromatic carbocycles. The lowest BCUT2D eigenvalue weighted by Gasteiger charge is -2.56. The molecular weight excluding hydrogens is 366 g/mol. The molecule has 5 aliphatic rings. The Bertz CT molecular complexity index is 766. The number of β-amino-alcohol motifs (C(OH)–C–C–N with tert-alkyl or cyclic N) is 1. The van der Waals surface area contributed by atoms with E-state index in [0.717, 1.165) is 30.4 Å². The topological polar surface area (TPSA) is 66.8 Å². The number of carbonyl (C=O) groups excluding carboxylic acids is 2. The van der Waals surface area contributed by atoms with Crippen LogP contribution < -0.4 is 0 Å². The number of amides is 1. The maximum atomic E-state index is 13.7. The first-order valence-electron chi connectivity index (χ1n) is 11.1. The predicted octanol–water partition coefficient (Wildman–Crippen LogP) is 3.22. The number of aliphatic hydroxyl groups excluding tert-OH is 1. The summed E-state index contributed by atoms with van der Waals surface area (Å²) in [7, 11) is 0. The van der Waals surface area contributed by atoms with Gasteiger partial charge in [0.05, 0.1) is 11.5 Å². The van der Waals surface area contributed by atoms with E-state index in [9.17, 15) is 14.7 Å². The number of rotatable bonds is 4. The van der Waals surface area contributed by atoms with Gasteiger partial charge in [-0.25, -0.2) is 4.79 Å². The first-order valence-corrected chi connectivity index (χ1v) is 11.1. The number of hydrogen-bond acceptors (Lipinski definition) is 4. The van der Waals surface area contributed by atoms with Gasteiger partial charge in [-0.1, -0.05) is 29.8 Å². The average Bonchev–Trinajstić information content (AvgIpc) is 3.07. The van der Waals surface area contributed by atoms with E-state index in [1.165, 1.54) is 19.3 Å². The molecule has 5 nitrogen and oxygen atoms in total. The summed E-state index contributed by atoms with van der Waals surface area (Å²) in [5, 5.41) is 10.3. The zero-order valence-electron chi connectivity index (χ0n) is 17.2. The van der Waals surface area contributed by atoms with Gasteiger partial charge in [0.15, 0.2) is 0 Å². The van der Waals surface area contributed by atoms with E-state index in [2.05, 4.69) is 0 Å². The van der Waals surface area contributed by atoms with Crippen molar-refractivity contribution in [3.05, 3.63) is 35.4 Å². The lowest BCUT2D eigenvalue weighted by Crippen LogP contribution is -2.56. The Morgan fingerprint density at radius 3 is 2.21 bits per heavy atom. The minimum atomic E-state index is -0.657. The van der Waals surface area contributed by atoms with Gasteiger partial charge < -0.3 is 14.7 Å². The summed E-state index contributed by atoms with van der Waals surface area (Å²) in [6, 6.07) is 7.22. The molecule has 5 fully saturated rings. The maximum absolute atomic E-state index is 13.7. The Labute approximate surface area is 172 Å². The number of hydrogen-bond donors (Lipinski definition) is 1. The molecule has 2 atom stereocenters. The number of ether oxygens (including phenoxy) is 1. The van der Waals surface area contributed by atoms with Gasteiger partial charge in [-0.3, -0.25) is 4.79 Å². The smallest absolute Gasteiger partial charge is 0.329 e. The van der Waals surface area contributed by atoms with Crippen LogP contribution in [0.2, 0.25) is 0 Å². The Balaban J connectivity index is 1.29. The standard InChI is InChI=1S/C24H31NO4/c1-15-2-4-16(5-3-15)14-29-22(27)21-9-20(26)13-25(21)23(28)24-10-17-6-18(11-24)8-19(7-17)12-24/h2-5,17-21,26H,6-14H2,1H3. The SMILES string of the molecule is Cc1ccc(COC(=O)C2CC(O)CN2C(=O)C23CC4CC(CC(C4)C2)C3)cc1. The molecule has 5 heteroatoms. The van der Waals surface area contributed by atoms with E-state index in [1.54, 1.807) is 4.90 Å². The van der Waals surface area contributed by atoms with Gasteiger partial charge in [0.25, 0.3) is 0 Å². The molecule has 29 heavy (non-hydrogen) atoms. The second-order valence-corrected chi connectivity index (χ2v) is 10.2. The lowest BCUT2D eigenvalue weighted by atomic mass is 9.49. The van der Waals surface area contributed by atoms with Crippen molar-refractivity contribution in [3.63, 3.8) is 0 Å². The number of likely N-dealkylation sites (tertiary alicyclic amines) is 1. The van der Waals surface area contributed by atoms with Crippen LogP contribution in [-0.4, -0.2) is 40.6 Å². The van der Waals surface area contributed by atoms with Crippen LogP contribution in [-0.2, 0) is 20.9 Å². The van der Waals surface area contributed by atoms with Crippen LogP contribution in [0.15, 0.2) is 24.3 Å². The highest BCUT2D eigenvalue weighted by Gasteiger charge is 2.57. The summed E-state index contributed by atoms with van der Waals surface area (Å²) in [5.41, 5.74) is 1.79. The zero-order chi connectivity index (χ0) is 20.2. The number of esters is 1. The van der Waals surface area contributed by atoms with Crippen molar-refractivity contribution >= 4 is 11.9 Å². The summed E-state index contributed by atoms with van der Waals surface area (Å²) in [6.07, 6.45) is 6.36. The molecular formula is C24H31NO4. The molecule has 0 radical (unpaired) electrons. The lowest BCUT2D eigenvalue weighted by molar-refractivity contribution is -0.166. The van der Waals surface area contributed by atoms with Crippen molar-refractivity contribution in [3.8, 4) is 0 Å². The van der Waals surface area contributed by atoms with Crippen molar-refractivity contribution in [1.82, 2.24) is 4.90 Å².